The van der Waals surface area contributed by atoms with E-state index in [9.17, 15) is 4.79 Å². The van der Waals surface area contributed by atoms with Gasteiger partial charge in [-0.25, -0.2) is 4.79 Å². The standard InChI is InChI=1S/C7H7NO2/c9-7(10)6-3-1-2-4-8-5-6/h1-5,8H,(H,9,10). The highest BCUT2D eigenvalue weighted by atomic mass is 16.4. The average Bonchev–Trinajstić information content (AvgIpc) is 2.12. The topological polar surface area (TPSA) is 49.3 Å². The van der Waals surface area contributed by atoms with Gasteiger partial charge in [-0.05, 0) is 12.2 Å². The van der Waals surface area contributed by atoms with Crippen LogP contribution in [0, 0.1) is 0 Å². The molecule has 0 aromatic carbocycles. The van der Waals surface area contributed by atoms with E-state index < -0.39 is 5.97 Å². The van der Waals surface area contributed by atoms with Crippen LogP contribution >= 0.6 is 0 Å². The van der Waals surface area contributed by atoms with Gasteiger partial charge in [0.05, 0.1) is 5.57 Å². The molecule has 2 N–H and O–H groups in total. The van der Waals surface area contributed by atoms with Crippen LogP contribution in [0.4, 0.5) is 0 Å². The number of rotatable bonds is 1. The van der Waals surface area contributed by atoms with Crippen LogP contribution in [0.1, 0.15) is 0 Å². The number of aliphatic carboxylic acids is 1. The summed E-state index contributed by atoms with van der Waals surface area (Å²) in [6.45, 7) is 0. The lowest BCUT2D eigenvalue weighted by Gasteiger charge is -1.90. The van der Waals surface area contributed by atoms with Gasteiger partial charge in [-0.1, -0.05) is 6.08 Å². The Morgan fingerprint density at radius 1 is 1.50 bits per heavy atom. The number of carboxylic acid groups (broad SMARTS) is 1. The van der Waals surface area contributed by atoms with E-state index in [-0.39, 0.29) is 5.57 Å². The van der Waals surface area contributed by atoms with Crippen LogP contribution < -0.4 is 5.32 Å². The molecule has 0 unspecified atom stereocenters. The summed E-state index contributed by atoms with van der Waals surface area (Å²) in [6.07, 6.45) is 8.01. The first kappa shape index (κ1) is 6.61. The minimum atomic E-state index is -0.924. The summed E-state index contributed by atoms with van der Waals surface area (Å²) in [4.78, 5) is 10.3. The van der Waals surface area contributed by atoms with Gasteiger partial charge >= 0.3 is 5.97 Å². The molecule has 1 aliphatic heterocycles. The second kappa shape index (κ2) is 2.87. The number of allylic oxidation sites excluding steroid dienone is 2. The Labute approximate surface area is 58.4 Å². The second-order valence-electron chi connectivity index (χ2n) is 1.79. The Morgan fingerprint density at radius 3 is 3.00 bits per heavy atom. The van der Waals surface area contributed by atoms with Crippen LogP contribution in [0.15, 0.2) is 36.2 Å². The first-order valence-electron chi connectivity index (χ1n) is 2.83. The smallest absolute Gasteiger partial charge is 0.337 e. The molecule has 0 radical (unpaired) electrons. The monoisotopic (exact) mass is 137 g/mol. The van der Waals surface area contributed by atoms with Crippen molar-refractivity contribution < 1.29 is 9.90 Å². The van der Waals surface area contributed by atoms with Gasteiger partial charge in [0, 0.05) is 12.4 Å². The molecule has 0 saturated carbocycles. The van der Waals surface area contributed by atoms with Crippen LogP contribution in [0.25, 0.3) is 0 Å². The Kier molecular flexibility index (Phi) is 1.89. The summed E-state index contributed by atoms with van der Waals surface area (Å²) in [6, 6.07) is 0. The summed E-state index contributed by atoms with van der Waals surface area (Å²) in [5, 5.41) is 11.2. The summed E-state index contributed by atoms with van der Waals surface area (Å²) in [7, 11) is 0. The van der Waals surface area contributed by atoms with E-state index in [2.05, 4.69) is 5.32 Å². The van der Waals surface area contributed by atoms with Gasteiger partial charge in [0.25, 0.3) is 0 Å². The minimum absolute atomic E-state index is 0.255. The van der Waals surface area contributed by atoms with Crippen LogP contribution in [0.3, 0.4) is 0 Å². The third kappa shape index (κ3) is 1.48. The molecule has 0 saturated heterocycles. The van der Waals surface area contributed by atoms with Gasteiger partial charge < -0.3 is 10.4 Å². The Morgan fingerprint density at radius 2 is 2.30 bits per heavy atom. The highest BCUT2D eigenvalue weighted by Crippen LogP contribution is 1.97. The van der Waals surface area contributed by atoms with E-state index in [0.29, 0.717) is 0 Å². The zero-order valence-corrected chi connectivity index (χ0v) is 5.24. The Hall–Kier alpha value is -1.51. The van der Waals surface area contributed by atoms with E-state index in [1.54, 1.807) is 18.4 Å². The second-order valence-corrected chi connectivity index (χ2v) is 1.79. The number of carboxylic acids is 1. The SMILES string of the molecule is O=C(O)C1=CNC=CC=C1. The molecule has 3 nitrogen and oxygen atoms in total. The molecule has 0 fully saturated rings. The predicted molar refractivity (Wildman–Crippen MR) is 37.1 cm³/mol. The maximum Gasteiger partial charge on any atom is 0.337 e. The minimum Gasteiger partial charge on any atom is -0.478 e. The van der Waals surface area contributed by atoms with Gasteiger partial charge in [0.15, 0.2) is 0 Å². The summed E-state index contributed by atoms with van der Waals surface area (Å²) < 4.78 is 0. The van der Waals surface area contributed by atoms with E-state index in [0.717, 1.165) is 0 Å². The fourth-order valence-electron chi connectivity index (χ4n) is 0.589. The molecule has 1 rings (SSSR count). The Bertz CT molecular complexity index is 226. The summed E-state index contributed by atoms with van der Waals surface area (Å²) >= 11 is 0. The highest BCUT2D eigenvalue weighted by molar-refractivity contribution is 5.89. The molecule has 52 valence electrons. The molecule has 1 heterocycles. The first-order valence-corrected chi connectivity index (χ1v) is 2.83. The van der Waals surface area contributed by atoms with Crippen molar-refractivity contribution >= 4 is 5.97 Å². The molecule has 1 aliphatic rings. The van der Waals surface area contributed by atoms with Gasteiger partial charge in [-0.3, -0.25) is 0 Å². The molecular formula is C7H7NO2. The molecule has 0 atom stereocenters. The third-order valence-corrected chi connectivity index (χ3v) is 1.07. The van der Waals surface area contributed by atoms with Crippen LogP contribution in [-0.4, -0.2) is 11.1 Å². The number of hydrogen-bond acceptors (Lipinski definition) is 2. The van der Waals surface area contributed by atoms with Gasteiger partial charge in [0.2, 0.25) is 0 Å². The van der Waals surface area contributed by atoms with E-state index in [1.165, 1.54) is 12.3 Å². The zero-order chi connectivity index (χ0) is 7.40. The lowest BCUT2D eigenvalue weighted by Crippen LogP contribution is -2.01. The molecule has 0 aromatic rings. The number of hydrogen-bond donors (Lipinski definition) is 2. The fourth-order valence-corrected chi connectivity index (χ4v) is 0.589. The van der Waals surface area contributed by atoms with Gasteiger partial charge in [-0.15, -0.1) is 0 Å². The van der Waals surface area contributed by atoms with Crippen molar-refractivity contribution in [3.63, 3.8) is 0 Å². The van der Waals surface area contributed by atoms with Gasteiger partial charge in [-0.2, -0.15) is 0 Å². The molecule has 10 heavy (non-hydrogen) atoms. The molecule has 0 amide bonds. The van der Waals surface area contributed by atoms with E-state index >= 15 is 0 Å². The average molecular weight is 137 g/mol. The predicted octanol–water partition coefficient (Wildman–Crippen LogP) is 0.628. The lowest BCUT2D eigenvalue weighted by molar-refractivity contribution is -0.132. The largest absolute Gasteiger partial charge is 0.478 e. The molecule has 0 aliphatic carbocycles. The summed E-state index contributed by atoms with van der Waals surface area (Å²) in [5.74, 6) is -0.924. The maximum absolute atomic E-state index is 10.3. The quantitative estimate of drug-likeness (QED) is 0.557. The van der Waals surface area contributed by atoms with Crippen molar-refractivity contribution in [2.24, 2.45) is 0 Å². The van der Waals surface area contributed by atoms with Crippen LogP contribution in [0.5, 0.6) is 0 Å². The molecule has 0 spiro atoms. The van der Waals surface area contributed by atoms with E-state index in [4.69, 9.17) is 5.11 Å². The van der Waals surface area contributed by atoms with Gasteiger partial charge in [0.1, 0.15) is 0 Å². The Balaban J connectivity index is 2.78. The number of carbonyl (C=O) groups is 1. The molecular weight excluding hydrogens is 130 g/mol. The molecule has 3 heteroatoms. The zero-order valence-electron chi connectivity index (χ0n) is 5.24. The van der Waals surface area contributed by atoms with Crippen molar-refractivity contribution in [3.05, 3.63) is 36.2 Å². The van der Waals surface area contributed by atoms with Crippen LogP contribution in [0.2, 0.25) is 0 Å². The normalized spacial score (nSPS) is 15.4. The number of nitrogens with one attached hydrogen (secondary N) is 1. The highest BCUT2D eigenvalue weighted by Gasteiger charge is 2.01. The van der Waals surface area contributed by atoms with Crippen molar-refractivity contribution in [1.29, 1.82) is 0 Å². The fraction of sp³-hybridized carbons (Fsp3) is 0. The molecule has 0 aromatic heterocycles. The van der Waals surface area contributed by atoms with Crippen molar-refractivity contribution in [3.8, 4) is 0 Å². The van der Waals surface area contributed by atoms with Crippen LogP contribution in [-0.2, 0) is 4.79 Å². The van der Waals surface area contributed by atoms with Crippen molar-refractivity contribution in [2.45, 2.75) is 0 Å². The third-order valence-electron chi connectivity index (χ3n) is 1.07. The van der Waals surface area contributed by atoms with Crippen molar-refractivity contribution in [2.75, 3.05) is 0 Å². The summed E-state index contributed by atoms with van der Waals surface area (Å²) in [5.41, 5.74) is 0.255. The first-order chi connectivity index (χ1) is 4.80. The maximum atomic E-state index is 10.3. The van der Waals surface area contributed by atoms with E-state index in [1.807, 2.05) is 0 Å². The molecule has 0 bridgehead atoms. The van der Waals surface area contributed by atoms with Crippen molar-refractivity contribution in [1.82, 2.24) is 5.32 Å². The lowest BCUT2D eigenvalue weighted by atomic mass is 10.3.